The summed E-state index contributed by atoms with van der Waals surface area (Å²) in [5.74, 6) is -1.28. The van der Waals surface area contributed by atoms with Crippen molar-refractivity contribution in [2.75, 3.05) is 86.7 Å². The maximum absolute atomic E-state index is 13.8. The van der Waals surface area contributed by atoms with E-state index < -0.39 is 23.8 Å². The van der Waals surface area contributed by atoms with Crippen molar-refractivity contribution in [3.63, 3.8) is 0 Å². The first kappa shape index (κ1) is 39.0. The van der Waals surface area contributed by atoms with Crippen LogP contribution in [0, 0.1) is 22.7 Å². The zero-order chi connectivity index (χ0) is 40.8. The van der Waals surface area contributed by atoms with E-state index in [9.17, 15) is 29.2 Å². The Kier molecular flexibility index (Phi) is 10.6. The number of hydrogen-bond acceptors (Lipinski definition) is 10. The predicted octanol–water partition coefficient (Wildman–Crippen LogP) is 4.78. The van der Waals surface area contributed by atoms with Gasteiger partial charge in [-0.3, -0.25) is 39.1 Å². The van der Waals surface area contributed by atoms with Gasteiger partial charge in [-0.1, -0.05) is 17.7 Å². The number of nitriles is 1. The summed E-state index contributed by atoms with van der Waals surface area (Å²) in [6, 6.07) is 20.4. The molecule has 3 aromatic carbocycles. The van der Waals surface area contributed by atoms with Gasteiger partial charge in [-0.15, -0.1) is 0 Å². The molecule has 1 unspecified atom stereocenters. The van der Waals surface area contributed by atoms with E-state index in [0.29, 0.717) is 27.6 Å². The number of hydrogen-bond donors (Lipinski definition) is 1. The molecular formula is C45H49ClN8O5. The highest BCUT2D eigenvalue weighted by atomic mass is 35.5. The van der Waals surface area contributed by atoms with Crippen molar-refractivity contribution in [2.24, 2.45) is 11.3 Å². The van der Waals surface area contributed by atoms with Crippen molar-refractivity contribution in [2.45, 2.75) is 51.0 Å². The van der Waals surface area contributed by atoms with Gasteiger partial charge in [0.15, 0.2) is 0 Å². The first-order valence-electron chi connectivity index (χ1n) is 21.0. The van der Waals surface area contributed by atoms with Crippen LogP contribution in [0.1, 0.15) is 81.6 Å². The number of benzene rings is 3. The average Bonchev–Trinajstić information content (AvgIpc) is 3.78. The summed E-state index contributed by atoms with van der Waals surface area (Å²) in [6.07, 6.45) is 5.33. The topological polar surface area (TPSA) is 141 Å². The van der Waals surface area contributed by atoms with Gasteiger partial charge < -0.3 is 19.6 Å². The van der Waals surface area contributed by atoms with Crippen molar-refractivity contribution < 1.29 is 24.0 Å². The molecule has 6 aliphatic rings. The van der Waals surface area contributed by atoms with Gasteiger partial charge >= 0.3 is 0 Å². The van der Waals surface area contributed by atoms with Crippen molar-refractivity contribution in [3.8, 4) is 6.07 Å². The second-order valence-electron chi connectivity index (χ2n) is 17.2. The maximum Gasteiger partial charge on any atom is 0.262 e. The van der Waals surface area contributed by atoms with Crippen LogP contribution in [0.2, 0.25) is 5.02 Å². The highest BCUT2D eigenvalue weighted by molar-refractivity contribution is 6.32. The summed E-state index contributed by atoms with van der Waals surface area (Å²) in [7, 11) is 0. The molecule has 1 atom stereocenters. The van der Waals surface area contributed by atoms with Crippen molar-refractivity contribution >= 4 is 58.2 Å². The Morgan fingerprint density at radius 2 is 1.42 bits per heavy atom. The fourth-order valence-corrected chi connectivity index (χ4v) is 10.4. The van der Waals surface area contributed by atoms with Crippen LogP contribution in [0.3, 0.4) is 0 Å². The third-order valence-corrected chi connectivity index (χ3v) is 14.1. The van der Waals surface area contributed by atoms with Gasteiger partial charge in [-0.2, -0.15) is 5.26 Å². The standard InChI is InChI=1S/C45H49ClN8O5/c46-38-26-35(5-4-32(38)27-47)53-19-14-45(29-53)12-17-52(18-13-45)42(57)31-2-1-3-33(24-31)51-22-20-49(21-23-51)28-30-10-15-50(16-11-30)34-6-7-36-37(25-34)44(59)54(43(36)58)39-8-9-40(55)48-41(39)56/h1-7,24-26,30,39H,8-23,28-29H2,(H,48,55,56). The molecule has 0 bridgehead atoms. The zero-order valence-electron chi connectivity index (χ0n) is 33.2. The lowest BCUT2D eigenvalue weighted by Crippen LogP contribution is -2.54. The van der Waals surface area contributed by atoms with Gasteiger partial charge in [0.2, 0.25) is 11.8 Å². The molecule has 59 heavy (non-hydrogen) atoms. The molecule has 0 aliphatic carbocycles. The Labute approximate surface area is 349 Å². The number of nitrogens with one attached hydrogen (secondary N) is 1. The van der Waals surface area contributed by atoms with Crippen LogP contribution in [-0.2, 0) is 9.59 Å². The SMILES string of the molecule is N#Cc1ccc(N2CCC3(CCN(C(=O)c4cccc(N5CCN(CC6CCN(c7ccc8c(c7)C(=O)N(C7CCC(=O)NC7=O)C8=O)CC6)CC5)c4)CC3)C2)cc1Cl. The average molecular weight is 817 g/mol. The van der Waals surface area contributed by atoms with E-state index in [4.69, 9.17) is 11.6 Å². The van der Waals surface area contributed by atoms with Crippen molar-refractivity contribution in [3.05, 3.63) is 87.9 Å². The summed E-state index contributed by atoms with van der Waals surface area (Å²) in [4.78, 5) is 77.0. The third kappa shape index (κ3) is 7.64. The lowest BCUT2D eigenvalue weighted by molar-refractivity contribution is -0.136. The molecule has 6 aliphatic heterocycles. The number of piperidine rings is 3. The Morgan fingerprint density at radius 1 is 0.746 bits per heavy atom. The monoisotopic (exact) mass is 816 g/mol. The highest BCUT2D eigenvalue weighted by Crippen LogP contribution is 2.43. The molecule has 0 radical (unpaired) electrons. The van der Waals surface area contributed by atoms with Gasteiger partial charge in [-0.25, -0.2) is 0 Å². The Hall–Kier alpha value is -5.45. The van der Waals surface area contributed by atoms with Crippen LogP contribution >= 0.6 is 11.6 Å². The van der Waals surface area contributed by atoms with Crippen molar-refractivity contribution in [1.29, 1.82) is 5.26 Å². The molecule has 306 valence electrons. The molecule has 0 aromatic heterocycles. The lowest BCUT2D eigenvalue weighted by atomic mass is 9.77. The minimum atomic E-state index is -0.969. The fraction of sp³-hybridized carbons (Fsp3) is 0.467. The van der Waals surface area contributed by atoms with Crippen LogP contribution in [0.4, 0.5) is 17.1 Å². The van der Waals surface area contributed by atoms with Gasteiger partial charge in [0, 0.05) is 101 Å². The second kappa shape index (κ2) is 16.0. The third-order valence-electron chi connectivity index (χ3n) is 13.7. The lowest BCUT2D eigenvalue weighted by Gasteiger charge is -2.40. The van der Waals surface area contributed by atoms with E-state index in [0.717, 1.165) is 132 Å². The molecule has 13 nitrogen and oxygen atoms in total. The minimum Gasteiger partial charge on any atom is -0.371 e. The molecule has 9 rings (SSSR count). The summed E-state index contributed by atoms with van der Waals surface area (Å²) in [5, 5.41) is 12.0. The maximum atomic E-state index is 13.8. The van der Waals surface area contributed by atoms with E-state index in [2.05, 4.69) is 43.1 Å². The van der Waals surface area contributed by atoms with E-state index in [1.54, 1.807) is 18.2 Å². The quantitative estimate of drug-likeness (QED) is 0.332. The molecule has 3 aromatic rings. The van der Waals surface area contributed by atoms with Crippen molar-refractivity contribution in [1.82, 2.24) is 20.0 Å². The summed E-state index contributed by atoms with van der Waals surface area (Å²) in [5.41, 5.74) is 5.10. The largest absolute Gasteiger partial charge is 0.371 e. The number of halogens is 1. The number of likely N-dealkylation sites (tertiary alicyclic amines) is 1. The molecule has 6 heterocycles. The number of carbonyl (C=O) groups excluding carboxylic acids is 5. The van der Waals surface area contributed by atoms with Crippen LogP contribution in [-0.4, -0.2) is 122 Å². The smallest absolute Gasteiger partial charge is 0.262 e. The molecule has 1 spiro atoms. The van der Waals surface area contributed by atoms with Crippen LogP contribution in [0.5, 0.6) is 0 Å². The van der Waals surface area contributed by atoms with Gasteiger partial charge in [-0.05, 0) is 104 Å². The van der Waals surface area contributed by atoms with Gasteiger partial charge in [0.1, 0.15) is 12.1 Å². The Bertz CT molecular complexity index is 2230. The van der Waals surface area contributed by atoms with E-state index in [1.807, 2.05) is 35.2 Å². The number of amides is 5. The molecular weight excluding hydrogens is 768 g/mol. The molecule has 1 N–H and O–H groups in total. The molecule has 0 saturated carbocycles. The van der Waals surface area contributed by atoms with E-state index in [-0.39, 0.29) is 30.1 Å². The molecule has 5 amide bonds. The first-order chi connectivity index (χ1) is 28.6. The van der Waals surface area contributed by atoms with Gasteiger partial charge in [0.25, 0.3) is 17.7 Å². The summed E-state index contributed by atoms with van der Waals surface area (Å²) >= 11 is 6.33. The Morgan fingerprint density at radius 3 is 2.15 bits per heavy atom. The van der Waals surface area contributed by atoms with Gasteiger partial charge in [0.05, 0.1) is 21.7 Å². The number of piperazine rings is 1. The van der Waals surface area contributed by atoms with Crippen LogP contribution in [0.25, 0.3) is 0 Å². The predicted molar refractivity (Wildman–Crippen MR) is 224 cm³/mol. The van der Waals surface area contributed by atoms with Crippen LogP contribution in [0.15, 0.2) is 60.7 Å². The number of nitrogens with zero attached hydrogens (tertiary/aromatic N) is 7. The molecule has 14 heteroatoms. The fourth-order valence-electron chi connectivity index (χ4n) is 10.1. The number of anilines is 3. The van der Waals surface area contributed by atoms with E-state index in [1.165, 1.54) is 0 Å². The minimum absolute atomic E-state index is 0.0954. The van der Waals surface area contributed by atoms with E-state index >= 15 is 0 Å². The highest BCUT2D eigenvalue weighted by Gasteiger charge is 2.45. The number of rotatable bonds is 7. The number of carbonyl (C=O) groups is 5. The normalized spacial score (nSPS) is 22.6. The molecule has 5 saturated heterocycles. The zero-order valence-corrected chi connectivity index (χ0v) is 34.0. The Balaban J connectivity index is 0.730. The summed E-state index contributed by atoms with van der Waals surface area (Å²) < 4.78 is 0. The number of fused-ring (bicyclic) bond motifs is 1. The van der Waals surface area contributed by atoms with Crippen LogP contribution < -0.4 is 20.0 Å². The molecule has 5 fully saturated rings. The summed E-state index contributed by atoms with van der Waals surface area (Å²) in [6.45, 7) is 9.87. The second-order valence-corrected chi connectivity index (χ2v) is 17.6. The number of imide groups is 2. The first-order valence-corrected chi connectivity index (χ1v) is 21.4.